The van der Waals surface area contributed by atoms with E-state index in [2.05, 4.69) is 27.7 Å². The molecular formula is C23H27N3O3. The SMILES string of the molecule is CC(NC(=O)CNC(=O)/C=C/c1ccccc1)c1ccc(N2CCOCC2)cc1. The average molecular weight is 393 g/mol. The first-order valence-electron chi connectivity index (χ1n) is 9.85. The number of nitrogens with one attached hydrogen (secondary N) is 2. The highest BCUT2D eigenvalue weighted by atomic mass is 16.5. The van der Waals surface area contributed by atoms with Gasteiger partial charge in [-0.3, -0.25) is 9.59 Å². The number of benzene rings is 2. The Labute approximate surface area is 171 Å². The number of carbonyl (C=O) groups excluding carboxylic acids is 2. The van der Waals surface area contributed by atoms with Crippen molar-refractivity contribution in [1.29, 1.82) is 0 Å². The Morgan fingerprint density at radius 1 is 1.07 bits per heavy atom. The Hall–Kier alpha value is -3.12. The van der Waals surface area contributed by atoms with Crippen LogP contribution in [0.2, 0.25) is 0 Å². The highest BCUT2D eigenvalue weighted by Crippen LogP contribution is 2.20. The lowest BCUT2D eigenvalue weighted by molar-refractivity contribution is -0.124. The lowest BCUT2D eigenvalue weighted by atomic mass is 10.1. The summed E-state index contributed by atoms with van der Waals surface area (Å²) in [6, 6.07) is 17.6. The minimum Gasteiger partial charge on any atom is -0.378 e. The normalized spacial score (nSPS) is 15.1. The van der Waals surface area contributed by atoms with E-state index in [0.29, 0.717) is 0 Å². The molecule has 3 rings (SSSR count). The fraction of sp³-hybridized carbons (Fsp3) is 0.304. The molecule has 0 bridgehead atoms. The molecule has 6 heteroatoms. The van der Waals surface area contributed by atoms with E-state index in [1.54, 1.807) is 6.08 Å². The van der Waals surface area contributed by atoms with E-state index in [9.17, 15) is 9.59 Å². The third-order valence-electron chi connectivity index (χ3n) is 4.80. The Balaban J connectivity index is 1.43. The molecule has 2 aromatic rings. The van der Waals surface area contributed by atoms with Gasteiger partial charge in [0.2, 0.25) is 11.8 Å². The summed E-state index contributed by atoms with van der Waals surface area (Å²) < 4.78 is 5.38. The smallest absolute Gasteiger partial charge is 0.244 e. The van der Waals surface area contributed by atoms with Crippen molar-refractivity contribution >= 4 is 23.6 Å². The standard InChI is InChI=1S/C23H27N3O3/c1-18(20-8-10-21(11-9-20)26-13-15-29-16-14-26)25-23(28)17-24-22(27)12-7-19-5-3-2-4-6-19/h2-12,18H,13-17H2,1H3,(H,24,27)(H,25,28)/b12-7+. The molecule has 0 spiro atoms. The van der Waals surface area contributed by atoms with Crippen LogP contribution in [0, 0.1) is 0 Å². The first kappa shape index (κ1) is 20.6. The third kappa shape index (κ3) is 6.47. The van der Waals surface area contributed by atoms with Crippen molar-refractivity contribution in [1.82, 2.24) is 10.6 Å². The summed E-state index contributed by atoms with van der Waals surface area (Å²) in [5.41, 5.74) is 3.11. The van der Waals surface area contributed by atoms with Crippen molar-refractivity contribution in [3.8, 4) is 0 Å². The number of ether oxygens (including phenoxy) is 1. The van der Waals surface area contributed by atoms with Gasteiger partial charge >= 0.3 is 0 Å². The van der Waals surface area contributed by atoms with Gasteiger partial charge in [0.1, 0.15) is 0 Å². The van der Waals surface area contributed by atoms with Gasteiger partial charge in [-0.05, 0) is 36.3 Å². The summed E-state index contributed by atoms with van der Waals surface area (Å²) >= 11 is 0. The molecule has 2 amide bonds. The Morgan fingerprint density at radius 2 is 1.76 bits per heavy atom. The molecule has 1 unspecified atom stereocenters. The van der Waals surface area contributed by atoms with Gasteiger partial charge in [-0.2, -0.15) is 0 Å². The molecule has 2 N–H and O–H groups in total. The molecule has 152 valence electrons. The molecule has 0 aliphatic carbocycles. The van der Waals surface area contributed by atoms with Crippen molar-refractivity contribution in [3.63, 3.8) is 0 Å². The predicted molar refractivity (Wildman–Crippen MR) is 115 cm³/mol. The van der Waals surface area contributed by atoms with Crippen molar-refractivity contribution in [3.05, 3.63) is 71.8 Å². The van der Waals surface area contributed by atoms with Crippen LogP contribution in [0.4, 0.5) is 5.69 Å². The van der Waals surface area contributed by atoms with Crippen LogP contribution in [0.5, 0.6) is 0 Å². The van der Waals surface area contributed by atoms with Crippen LogP contribution in [-0.4, -0.2) is 44.7 Å². The van der Waals surface area contributed by atoms with E-state index < -0.39 is 0 Å². The van der Waals surface area contributed by atoms with Gasteiger partial charge in [-0.25, -0.2) is 0 Å². The summed E-state index contributed by atoms with van der Waals surface area (Å²) in [6.07, 6.45) is 3.14. The molecule has 1 aliphatic rings. The zero-order chi connectivity index (χ0) is 20.5. The number of amides is 2. The fourth-order valence-corrected chi connectivity index (χ4v) is 3.13. The van der Waals surface area contributed by atoms with Crippen molar-refractivity contribution < 1.29 is 14.3 Å². The van der Waals surface area contributed by atoms with Crippen LogP contribution in [0.25, 0.3) is 6.08 Å². The summed E-state index contributed by atoms with van der Waals surface area (Å²) in [7, 11) is 0. The maximum atomic E-state index is 12.1. The van der Waals surface area contributed by atoms with Crippen molar-refractivity contribution in [2.45, 2.75) is 13.0 Å². The quantitative estimate of drug-likeness (QED) is 0.710. The highest BCUT2D eigenvalue weighted by Gasteiger charge is 2.13. The van der Waals surface area contributed by atoms with Gasteiger partial charge in [0.15, 0.2) is 0 Å². The number of nitrogens with zero attached hydrogens (tertiary/aromatic N) is 1. The van der Waals surface area contributed by atoms with Crippen LogP contribution in [-0.2, 0) is 14.3 Å². The summed E-state index contributed by atoms with van der Waals surface area (Å²) in [6.45, 7) is 5.15. The van der Waals surface area contributed by atoms with Crippen LogP contribution >= 0.6 is 0 Å². The third-order valence-corrected chi connectivity index (χ3v) is 4.80. The number of rotatable bonds is 7. The minimum atomic E-state index is -0.300. The van der Waals surface area contributed by atoms with E-state index in [-0.39, 0.29) is 24.4 Å². The zero-order valence-corrected chi connectivity index (χ0v) is 16.6. The lowest BCUT2D eigenvalue weighted by Gasteiger charge is -2.29. The van der Waals surface area contributed by atoms with E-state index in [1.165, 1.54) is 6.08 Å². The minimum absolute atomic E-state index is 0.0613. The van der Waals surface area contributed by atoms with Gasteiger partial charge in [0, 0.05) is 24.9 Å². The molecule has 2 aromatic carbocycles. The molecule has 6 nitrogen and oxygen atoms in total. The predicted octanol–water partition coefficient (Wildman–Crippen LogP) is 2.53. The summed E-state index contributed by atoms with van der Waals surface area (Å²) in [4.78, 5) is 26.3. The molecule has 29 heavy (non-hydrogen) atoms. The molecular weight excluding hydrogens is 366 g/mol. The maximum absolute atomic E-state index is 12.1. The van der Waals surface area contributed by atoms with Gasteiger partial charge in [-0.1, -0.05) is 42.5 Å². The first-order valence-corrected chi connectivity index (χ1v) is 9.85. The second-order valence-electron chi connectivity index (χ2n) is 6.94. The molecule has 0 saturated carbocycles. The van der Waals surface area contributed by atoms with Crippen molar-refractivity contribution in [2.75, 3.05) is 37.7 Å². The zero-order valence-electron chi connectivity index (χ0n) is 16.6. The van der Waals surface area contributed by atoms with E-state index in [4.69, 9.17) is 4.74 Å². The monoisotopic (exact) mass is 393 g/mol. The molecule has 1 aliphatic heterocycles. The molecule has 1 fully saturated rings. The van der Waals surface area contributed by atoms with Crippen LogP contribution in [0.15, 0.2) is 60.7 Å². The topological polar surface area (TPSA) is 70.7 Å². The lowest BCUT2D eigenvalue weighted by Crippen LogP contribution is -2.37. The van der Waals surface area contributed by atoms with Crippen LogP contribution in [0.3, 0.4) is 0 Å². The molecule has 1 atom stereocenters. The summed E-state index contributed by atoms with van der Waals surface area (Å²) in [5.74, 6) is -0.525. The maximum Gasteiger partial charge on any atom is 0.244 e. The molecule has 0 radical (unpaired) electrons. The number of carbonyl (C=O) groups is 2. The number of hydrogen-bond acceptors (Lipinski definition) is 4. The van der Waals surface area contributed by atoms with E-state index >= 15 is 0 Å². The molecule has 1 saturated heterocycles. The largest absolute Gasteiger partial charge is 0.378 e. The van der Waals surface area contributed by atoms with Gasteiger partial charge < -0.3 is 20.3 Å². The summed E-state index contributed by atoms with van der Waals surface area (Å²) in [5, 5.41) is 5.52. The fourth-order valence-electron chi connectivity index (χ4n) is 3.13. The first-order chi connectivity index (χ1) is 14.1. The van der Waals surface area contributed by atoms with E-state index in [0.717, 1.165) is 43.1 Å². The second-order valence-corrected chi connectivity index (χ2v) is 6.94. The van der Waals surface area contributed by atoms with Crippen molar-refractivity contribution in [2.24, 2.45) is 0 Å². The van der Waals surface area contributed by atoms with Gasteiger partial charge in [-0.15, -0.1) is 0 Å². The second kappa shape index (κ2) is 10.4. The number of morpholine rings is 1. The number of anilines is 1. The number of hydrogen-bond donors (Lipinski definition) is 2. The Morgan fingerprint density at radius 3 is 2.45 bits per heavy atom. The van der Waals surface area contributed by atoms with Crippen LogP contribution in [0.1, 0.15) is 24.1 Å². The van der Waals surface area contributed by atoms with Gasteiger partial charge in [0.05, 0.1) is 25.8 Å². The highest BCUT2D eigenvalue weighted by molar-refractivity contribution is 5.94. The van der Waals surface area contributed by atoms with Crippen LogP contribution < -0.4 is 15.5 Å². The van der Waals surface area contributed by atoms with Gasteiger partial charge in [0.25, 0.3) is 0 Å². The Kier molecular flexibility index (Phi) is 7.41. The average Bonchev–Trinajstić information content (AvgIpc) is 2.77. The Bertz CT molecular complexity index is 828. The molecule has 0 aromatic heterocycles. The molecule has 1 heterocycles. The van der Waals surface area contributed by atoms with E-state index in [1.807, 2.05) is 49.4 Å².